The standard InChI is InChI=1S/C19H21N3O5S2/c23-19(14-5-6-14)20-15-3-1-4-16(13-15)21-29(26,27)18-9-7-17(8-10-18)22-11-2-12-28(22,24)25/h1,3-4,7-10,13-14,21H,2,5-6,11-12H2,(H,20,23). The summed E-state index contributed by atoms with van der Waals surface area (Å²) in [5.41, 5.74) is 1.30. The summed E-state index contributed by atoms with van der Waals surface area (Å²) in [7, 11) is -7.18. The van der Waals surface area contributed by atoms with Crippen LogP contribution in [0.15, 0.2) is 53.4 Å². The molecule has 0 aromatic heterocycles. The summed E-state index contributed by atoms with van der Waals surface area (Å²) >= 11 is 0. The van der Waals surface area contributed by atoms with Crippen LogP contribution in [0.1, 0.15) is 19.3 Å². The van der Waals surface area contributed by atoms with E-state index in [0.717, 1.165) is 12.8 Å². The molecule has 0 radical (unpaired) electrons. The Morgan fingerprint density at radius 3 is 2.34 bits per heavy atom. The number of nitrogens with zero attached hydrogens (tertiary/aromatic N) is 1. The molecule has 1 aliphatic carbocycles. The number of anilines is 3. The zero-order valence-electron chi connectivity index (χ0n) is 15.5. The first kappa shape index (κ1) is 19.7. The van der Waals surface area contributed by atoms with Gasteiger partial charge in [-0.1, -0.05) is 6.07 Å². The van der Waals surface area contributed by atoms with Gasteiger partial charge in [-0.25, -0.2) is 16.8 Å². The van der Waals surface area contributed by atoms with Crippen molar-refractivity contribution in [3.05, 3.63) is 48.5 Å². The number of benzene rings is 2. The number of sulfonamides is 2. The summed E-state index contributed by atoms with van der Waals surface area (Å²) in [6.07, 6.45) is 2.32. The number of nitrogens with one attached hydrogen (secondary N) is 2. The second-order valence-electron chi connectivity index (χ2n) is 7.19. The highest BCUT2D eigenvalue weighted by atomic mass is 32.2. The molecule has 2 fully saturated rings. The molecule has 8 nitrogen and oxygen atoms in total. The highest BCUT2D eigenvalue weighted by molar-refractivity contribution is 7.93. The van der Waals surface area contributed by atoms with Gasteiger partial charge in [0.15, 0.2) is 0 Å². The SMILES string of the molecule is O=C(Nc1cccc(NS(=O)(=O)c2ccc(N3CCCS3(=O)=O)cc2)c1)C1CC1. The lowest BCUT2D eigenvalue weighted by molar-refractivity contribution is -0.117. The van der Waals surface area contributed by atoms with Crippen LogP contribution in [0.3, 0.4) is 0 Å². The van der Waals surface area contributed by atoms with E-state index >= 15 is 0 Å². The minimum atomic E-state index is -3.86. The van der Waals surface area contributed by atoms with Gasteiger partial charge in [0.05, 0.1) is 22.0 Å². The highest BCUT2D eigenvalue weighted by Gasteiger charge is 2.30. The molecule has 10 heteroatoms. The summed E-state index contributed by atoms with van der Waals surface area (Å²) in [6.45, 7) is 0.395. The van der Waals surface area contributed by atoms with E-state index in [1.807, 2.05) is 0 Å². The van der Waals surface area contributed by atoms with Gasteiger partial charge in [0.1, 0.15) is 0 Å². The topological polar surface area (TPSA) is 113 Å². The first-order valence-corrected chi connectivity index (χ1v) is 12.4. The Kier molecular flexibility index (Phi) is 4.99. The number of hydrogen-bond donors (Lipinski definition) is 2. The summed E-state index contributed by atoms with van der Waals surface area (Å²) in [5.74, 6) is 0.0909. The van der Waals surface area contributed by atoms with Gasteiger partial charge in [-0.3, -0.25) is 13.8 Å². The minimum Gasteiger partial charge on any atom is -0.326 e. The average molecular weight is 436 g/mol. The van der Waals surface area contributed by atoms with Crippen LogP contribution in [0.25, 0.3) is 0 Å². The van der Waals surface area contributed by atoms with E-state index in [0.29, 0.717) is 30.0 Å². The number of hydrogen-bond acceptors (Lipinski definition) is 5. The third-order valence-corrected chi connectivity index (χ3v) is 8.13. The fourth-order valence-electron chi connectivity index (χ4n) is 3.19. The van der Waals surface area contributed by atoms with Crippen LogP contribution >= 0.6 is 0 Å². The normalized spacial score (nSPS) is 18.4. The third kappa shape index (κ3) is 4.38. The molecule has 2 N–H and O–H groups in total. The van der Waals surface area contributed by atoms with Crippen molar-refractivity contribution in [2.24, 2.45) is 5.92 Å². The van der Waals surface area contributed by atoms with Gasteiger partial charge in [-0.15, -0.1) is 0 Å². The average Bonchev–Trinajstić information content (AvgIpc) is 3.45. The molecule has 1 saturated carbocycles. The number of carbonyl (C=O) groups excluding carboxylic acids is 1. The first-order valence-electron chi connectivity index (χ1n) is 9.29. The van der Waals surface area contributed by atoms with Gasteiger partial charge >= 0.3 is 0 Å². The van der Waals surface area contributed by atoms with Crippen molar-refractivity contribution in [1.82, 2.24) is 0 Å². The van der Waals surface area contributed by atoms with Crippen LogP contribution in [0.2, 0.25) is 0 Å². The molecule has 4 rings (SSSR count). The Bertz CT molecular complexity index is 1140. The van der Waals surface area contributed by atoms with Crippen molar-refractivity contribution in [3.63, 3.8) is 0 Å². The molecule has 1 heterocycles. The van der Waals surface area contributed by atoms with E-state index in [1.165, 1.54) is 28.6 Å². The van der Waals surface area contributed by atoms with Crippen LogP contribution in [0, 0.1) is 5.92 Å². The van der Waals surface area contributed by atoms with Gasteiger partial charge in [0, 0.05) is 18.2 Å². The minimum absolute atomic E-state index is 0.0188. The van der Waals surface area contributed by atoms with Crippen LogP contribution in [0.5, 0.6) is 0 Å². The second-order valence-corrected chi connectivity index (χ2v) is 10.9. The van der Waals surface area contributed by atoms with Crippen LogP contribution < -0.4 is 14.3 Å². The van der Waals surface area contributed by atoms with Gasteiger partial charge in [-0.05, 0) is 61.7 Å². The van der Waals surface area contributed by atoms with E-state index in [4.69, 9.17) is 0 Å². The molecular formula is C19H21N3O5S2. The van der Waals surface area contributed by atoms with Crippen molar-refractivity contribution < 1.29 is 21.6 Å². The number of amides is 1. The highest BCUT2D eigenvalue weighted by Crippen LogP contribution is 2.31. The van der Waals surface area contributed by atoms with E-state index in [2.05, 4.69) is 10.0 Å². The van der Waals surface area contributed by atoms with Crippen molar-refractivity contribution in [2.75, 3.05) is 26.6 Å². The molecule has 1 amide bonds. The van der Waals surface area contributed by atoms with E-state index in [-0.39, 0.29) is 22.5 Å². The maximum atomic E-state index is 12.7. The lowest BCUT2D eigenvalue weighted by atomic mass is 10.2. The second kappa shape index (κ2) is 7.34. The van der Waals surface area contributed by atoms with Crippen molar-refractivity contribution in [2.45, 2.75) is 24.2 Å². The molecule has 1 saturated heterocycles. The fourth-order valence-corrected chi connectivity index (χ4v) is 5.80. The molecule has 29 heavy (non-hydrogen) atoms. The van der Waals surface area contributed by atoms with Crippen molar-refractivity contribution >= 4 is 43.0 Å². The number of carbonyl (C=O) groups is 1. The quantitative estimate of drug-likeness (QED) is 0.723. The Morgan fingerprint density at radius 2 is 1.72 bits per heavy atom. The fraction of sp³-hybridized carbons (Fsp3) is 0.316. The van der Waals surface area contributed by atoms with E-state index < -0.39 is 20.0 Å². The monoisotopic (exact) mass is 435 g/mol. The van der Waals surface area contributed by atoms with Gasteiger partial charge in [0.25, 0.3) is 10.0 Å². The van der Waals surface area contributed by atoms with Crippen LogP contribution in [-0.2, 0) is 24.8 Å². The molecule has 0 atom stereocenters. The van der Waals surface area contributed by atoms with Crippen molar-refractivity contribution in [3.8, 4) is 0 Å². The van der Waals surface area contributed by atoms with Crippen LogP contribution in [0.4, 0.5) is 17.1 Å². The largest absolute Gasteiger partial charge is 0.326 e. The van der Waals surface area contributed by atoms with Gasteiger partial charge in [-0.2, -0.15) is 0 Å². The zero-order chi connectivity index (χ0) is 20.6. The molecule has 0 bridgehead atoms. The molecule has 2 aromatic carbocycles. The first-order chi connectivity index (χ1) is 13.7. The Hall–Kier alpha value is -2.59. The molecule has 154 valence electrons. The summed E-state index contributed by atoms with van der Waals surface area (Å²) in [6, 6.07) is 12.2. The van der Waals surface area contributed by atoms with Gasteiger partial charge < -0.3 is 5.32 Å². The Morgan fingerprint density at radius 1 is 1.03 bits per heavy atom. The lowest BCUT2D eigenvalue weighted by Gasteiger charge is -2.17. The van der Waals surface area contributed by atoms with Crippen LogP contribution in [-0.4, -0.2) is 35.0 Å². The van der Waals surface area contributed by atoms with E-state index in [9.17, 15) is 21.6 Å². The summed E-state index contributed by atoms with van der Waals surface area (Å²) in [4.78, 5) is 11.9. The van der Waals surface area contributed by atoms with Crippen molar-refractivity contribution in [1.29, 1.82) is 0 Å². The lowest BCUT2D eigenvalue weighted by Crippen LogP contribution is -2.25. The predicted molar refractivity (Wildman–Crippen MR) is 111 cm³/mol. The maximum absolute atomic E-state index is 12.7. The van der Waals surface area contributed by atoms with E-state index in [1.54, 1.807) is 24.3 Å². The Balaban J connectivity index is 1.49. The maximum Gasteiger partial charge on any atom is 0.261 e. The molecule has 0 unspecified atom stereocenters. The Labute approximate surface area is 170 Å². The molecular weight excluding hydrogens is 414 g/mol. The third-order valence-electron chi connectivity index (χ3n) is 4.86. The molecule has 2 aliphatic rings. The summed E-state index contributed by atoms with van der Waals surface area (Å²) < 4.78 is 53.2. The molecule has 1 aliphatic heterocycles. The summed E-state index contributed by atoms with van der Waals surface area (Å²) in [5, 5.41) is 2.78. The van der Waals surface area contributed by atoms with Gasteiger partial charge in [0.2, 0.25) is 15.9 Å². The smallest absolute Gasteiger partial charge is 0.261 e. The predicted octanol–water partition coefficient (Wildman–Crippen LogP) is 2.38. The molecule has 2 aromatic rings. The zero-order valence-corrected chi connectivity index (χ0v) is 17.2. The molecule has 0 spiro atoms. The number of rotatable bonds is 6.